The third-order valence-electron chi connectivity index (χ3n) is 5.21. The smallest absolute Gasteiger partial charge is 0.407 e. The molecule has 3 N–H and O–H groups in total. The molecule has 1 amide bonds. The summed E-state index contributed by atoms with van der Waals surface area (Å²) in [5.41, 5.74) is 1.91. The number of amides is 1. The van der Waals surface area contributed by atoms with Gasteiger partial charge in [0.05, 0.1) is 6.10 Å². The summed E-state index contributed by atoms with van der Waals surface area (Å²) in [6, 6.07) is 8.65. The van der Waals surface area contributed by atoms with E-state index in [0.29, 0.717) is 12.6 Å². The van der Waals surface area contributed by atoms with E-state index in [9.17, 15) is 9.90 Å². The maximum atomic E-state index is 11.8. The number of hydrogen-bond acceptors (Lipinski definition) is 4. The topological polar surface area (TPSA) is 70.6 Å². The van der Waals surface area contributed by atoms with Gasteiger partial charge in [0.15, 0.2) is 0 Å². The number of aliphatic hydroxyl groups is 1. The maximum Gasteiger partial charge on any atom is 0.407 e. The molecule has 2 saturated carbocycles. The van der Waals surface area contributed by atoms with E-state index < -0.39 is 11.7 Å². The van der Waals surface area contributed by atoms with Crippen LogP contribution in [0.25, 0.3) is 0 Å². The summed E-state index contributed by atoms with van der Waals surface area (Å²) in [7, 11) is 0. The van der Waals surface area contributed by atoms with Crippen molar-refractivity contribution in [2.24, 2.45) is 5.41 Å². The second kappa shape index (κ2) is 6.61. The summed E-state index contributed by atoms with van der Waals surface area (Å²) in [6.07, 6.45) is 2.33. The zero-order chi connectivity index (χ0) is 18.2. The van der Waals surface area contributed by atoms with Crippen molar-refractivity contribution < 1.29 is 14.6 Å². The second-order valence-corrected chi connectivity index (χ2v) is 8.71. The first-order chi connectivity index (χ1) is 11.7. The molecule has 25 heavy (non-hydrogen) atoms. The number of hydrogen-bond donors (Lipinski definition) is 3. The summed E-state index contributed by atoms with van der Waals surface area (Å²) in [5.74, 6) is 0. The van der Waals surface area contributed by atoms with Crippen LogP contribution in [0.4, 0.5) is 4.79 Å². The van der Waals surface area contributed by atoms with Crippen molar-refractivity contribution in [3.8, 4) is 0 Å². The molecule has 2 fully saturated rings. The third kappa shape index (κ3) is 4.53. The highest BCUT2D eigenvalue weighted by molar-refractivity contribution is 5.69. The van der Waals surface area contributed by atoms with E-state index in [2.05, 4.69) is 10.6 Å². The number of carbonyl (C=O) groups excluding carboxylic acids is 1. The number of benzene rings is 1. The van der Waals surface area contributed by atoms with E-state index >= 15 is 0 Å². The molecule has 2 aliphatic rings. The van der Waals surface area contributed by atoms with Crippen molar-refractivity contribution in [3.05, 3.63) is 35.4 Å². The predicted molar refractivity (Wildman–Crippen MR) is 97.4 cm³/mol. The summed E-state index contributed by atoms with van der Waals surface area (Å²) in [6.45, 7) is 8.22. The lowest BCUT2D eigenvalue weighted by molar-refractivity contribution is 0.0500. The molecule has 0 aliphatic heterocycles. The largest absolute Gasteiger partial charge is 0.444 e. The Morgan fingerprint density at radius 2 is 2.08 bits per heavy atom. The van der Waals surface area contributed by atoms with Crippen LogP contribution in [0.1, 0.15) is 57.3 Å². The number of aryl methyl sites for hydroxylation is 1. The monoisotopic (exact) mass is 346 g/mol. The normalized spacial score (nSPS) is 29.0. The Labute approximate surface area is 150 Å². The lowest BCUT2D eigenvalue weighted by Crippen LogP contribution is -2.47. The Balaban J connectivity index is 1.37. The minimum atomic E-state index is -0.480. The van der Waals surface area contributed by atoms with Gasteiger partial charge in [0.25, 0.3) is 0 Å². The first-order valence-electron chi connectivity index (χ1n) is 9.14. The lowest BCUT2D eigenvalue weighted by Gasteiger charge is -2.38. The van der Waals surface area contributed by atoms with Crippen LogP contribution in [0.2, 0.25) is 0 Å². The van der Waals surface area contributed by atoms with Crippen LogP contribution in [-0.4, -0.2) is 35.4 Å². The van der Waals surface area contributed by atoms with Gasteiger partial charge < -0.3 is 20.5 Å². The van der Waals surface area contributed by atoms with Crippen LogP contribution in [-0.2, 0) is 4.74 Å². The molecule has 1 aromatic carbocycles. The standard InChI is InChI=1S/C20H30N2O3/c1-13-6-5-7-14(8-13)16(23)12-21-15-9-20(10-15)11-17(20)22-18(24)25-19(2,3)4/h5-8,15-17,21,23H,9-12H2,1-4H3,(H,22,24). The Morgan fingerprint density at radius 1 is 1.36 bits per heavy atom. The number of alkyl carbamates (subject to hydrolysis) is 1. The van der Waals surface area contributed by atoms with Crippen molar-refractivity contribution in [1.29, 1.82) is 0 Å². The summed E-state index contributed by atoms with van der Waals surface area (Å²) in [4.78, 5) is 11.8. The van der Waals surface area contributed by atoms with Crippen molar-refractivity contribution >= 4 is 6.09 Å². The van der Waals surface area contributed by atoms with Gasteiger partial charge in [0.1, 0.15) is 5.60 Å². The van der Waals surface area contributed by atoms with Crippen molar-refractivity contribution in [2.45, 2.75) is 70.7 Å². The van der Waals surface area contributed by atoms with Gasteiger partial charge in [0.2, 0.25) is 0 Å². The van der Waals surface area contributed by atoms with E-state index in [-0.39, 0.29) is 17.6 Å². The predicted octanol–water partition coefficient (Wildman–Crippen LogP) is 3.06. The van der Waals surface area contributed by atoms with Gasteiger partial charge in [-0.2, -0.15) is 0 Å². The lowest BCUT2D eigenvalue weighted by atomic mass is 9.76. The molecular weight excluding hydrogens is 316 g/mol. The SMILES string of the molecule is Cc1cccc(C(O)CNC2CC3(C2)CC3NC(=O)OC(C)(C)C)c1. The molecule has 0 radical (unpaired) electrons. The number of ether oxygens (including phenoxy) is 1. The average molecular weight is 346 g/mol. The molecule has 1 aromatic rings. The highest BCUT2D eigenvalue weighted by Crippen LogP contribution is 2.60. The van der Waals surface area contributed by atoms with E-state index in [1.807, 2.05) is 52.0 Å². The van der Waals surface area contributed by atoms with Crippen molar-refractivity contribution in [3.63, 3.8) is 0 Å². The van der Waals surface area contributed by atoms with Gasteiger partial charge in [-0.3, -0.25) is 0 Å². The maximum absolute atomic E-state index is 11.8. The van der Waals surface area contributed by atoms with Gasteiger partial charge in [-0.25, -0.2) is 4.79 Å². The molecule has 0 saturated heterocycles. The fourth-order valence-corrected chi connectivity index (χ4v) is 3.79. The van der Waals surface area contributed by atoms with Crippen molar-refractivity contribution in [1.82, 2.24) is 10.6 Å². The molecule has 0 bridgehead atoms. The molecule has 2 unspecified atom stereocenters. The van der Waals surface area contributed by atoms with E-state index in [0.717, 1.165) is 30.4 Å². The molecule has 3 rings (SSSR count). The zero-order valence-corrected chi connectivity index (χ0v) is 15.6. The first kappa shape index (κ1) is 18.2. The molecule has 0 aromatic heterocycles. The molecule has 5 heteroatoms. The molecule has 138 valence electrons. The summed E-state index contributed by atoms with van der Waals surface area (Å²) >= 11 is 0. The molecule has 2 aliphatic carbocycles. The van der Waals surface area contributed by atoms with E-state index in [1.165, 1.54) is 0 Å². The van der Waals surface area contributed by atoms with Crippen LogP contribution >= 0.6 is 0 Å². The minimum Gasteiger partial charge on any atom is -0.444 e. The van der Waals surface area contributed by atoms with Crippen molar-refractivity contribution in [2.75, 3.05) is 6.54 Å². The number of nitrogens with one attached hydrogen (secondary N) is 2. The quantitative estimate of drug-likeness (QED) is 0.766. The van der Waals surface area contributed by atoms with E-state index in [1.54, 1.807) is 0 Å². The fraction of sp³-hybridized carbons (Fsp3) is 0.650. The van der Waals surface area contributed by atoms with Crippen LogP contribution in [0, 0.1) is 12.3 Å². The van der Waals surface area contributed by atoms with Gasteiger partial charge in [-0.15, -0.1) is 0 Å². The Bertz CT molecular complexity index is 632. The van der Waals surface area contributed by atoms with Gasteiger partial charge in [-0.1, -0.05) is 29.8 Å². The molecule has 5 nitrogen and oxygen atoms in total. The van der Waals surface area contributed by atoms with Gasteiger partial charge in [-0.05, 0) is 57.9 Å². The van der Waals surface area contributed by atoms with Crippen LogP contribution < -0.4 is 10.6 Å². The Hall–Kier alpha value is -1.59. The molecular formula is C20H30N2O3. The second-order valence-electron chi connectivity index (χ2n) is 8.71. The highest BCUT2D eigenvalue weighted by Gasteiger charge is 2.62. The minimum absolute atomic E-state index is 0.238. The fourth-order valence-electron chi connectivity index (χ4n) is 3.79. The molecule has 0 heterocycles. The van der Waals surface area contributed by atoms with Crippen LogP contribution in [0.5, 0.6) is 0 Å². The Morgan fingerprint density at radius 3 is 2.72 bits per heavy atom. The summed E-state index contributed by atoms with van der Waals surface area (Å²) in [5, 5.41) is 16.7. The number of rotatable bonds is 5. The molecule has 1 spiro atoms. The molecule has 2 atom stereocenters. The Kier molecular flexibility index (Phi) is 4.82. The zero-order valence-electron chi connectivity index (χ0n) is 15.6. The summed E-state index contributed by atoms with van der Waals surface area (Å²) < 4.78 is 5.32. The number of carbonyl (C=O) groups is 1. The number of aliphatic hydroxyl groups excluding tert-OH is 1. The van der Waals surface area contributed by atoms with Crippen LogP contribution in [0.15, 0.2) is 24.3 Å². The first-order valence-corrected chi connectivity index (χ1v) is 9.14. The average Bonchev–Trinajstić information content (AvgIpc) is 3.15. The van der Waals surface area contributed by atoms with Gasteiger partial charge >= 0.3 is 6.09 Å². The highest BCUT2D eigenvalue weighted by atomic mass is 16.6. The van der Waals surface area contributed by atoms with Crippen LogP contribution in [0.3, 0.4) is 0 Å². The van der Waals surface area contributed by atoms with E-state index in [4.69, 9.17) is 4.74 Å². The third-order valence-corrected chi connectivity index (χ3v) is 5.21. The van der Waals surface area contributed by atoms with Gasteiger partial charge in [0, 0.05) is 18.6 Å².